The average Bonchev–Trinajstić information content (AvgIpc) is 3.29. The fourth-order valence-corrected chi connectivity index (χ4v) is 7.56. The standard InChI is InChI=1S/C58H102O6/c1-4-7-10-13-16-19-22-25-27-28-29-30-32-33-36-39-42-45-48-51-57(60)63-54-55(53-62-56(59)50-47-44-41-38-35-24-21-18-15-12-9-6-3)64-58(61)52-49-46-43-40-37-34-31-26-23-20-17-14-11-8-5-2/h16,18-19,21,25-27,29-31,55H,4-15,17,20,22-24,28,32-54H2,1-3H3/b19-16-,21-18-,27-25-,30-29-,31-26-/t55-/m1/s1. The Morgan fingerprint density at radius 1 is 0.312 bits per heavy atom. The Bertz CT molecular complexity index is 1170. The van der Waals surface area contributed by atoms with E-state index in [1.807, 2.05) is 0 Å². The van der Waals surface area contributed by atoms with E-state index in [0.717, 1.165) is 96.3 Å². The van der Waals surface area contributed by atoms with Gasteiger partial charge >= 0.3 is 17.9 Å². The zero-order chi connectivity index (χ0) is 46.5. The van der Waals surface area contributed by atoms with Crippen molar-refractivity contribution in [3.8, 4) is 0 Å². The maximum Gasteiger partial charge on any atom is 0.306 e. The van der Waals surface area contributed by atoms with Crippen molar-refractivity contribution >= 4 is 17.9 Å². The minimum atomic E-state index is -0.786. The van der Waals surface area contributed by atoms with E-state index in [4.69, 9.17) is 14.2 Å². The lowest BCUT2D eigenvalue weighted by atomic mass is 10.1. The van der Waals surface area contributed by atoms with Crippen molar-refractivity contribution < 1.29 is 28.6 Å². The maximum atomic E-state index is 12.8. The maximum absolute atomic E-state index is 12.8. The number of hydrogen-bond acceptors (Lipinski definition) is 6. The fourth-order valence-electron chi connectivity index (χ4n) is 7.56. The van der Waals surface area contributed by atoms with E-state index >= 15 is 0 Å². The van der Waals surface area contributed by atoms with Crippen LogP contribution in [0, 0.1) is 0 Å². The molecule has 0 amide bonds. The fraction of sp³-hybridized carbons (Fsp3) is 0.776. The summed E-state index contributed by atoms with van der Waals surface area (Å²) >= 11 is 0. The monoisotopic (exact) mass is 895 g/mol. The summed E-state index contributed by atoms with van der Waals surface area (Å²) in [4.78, 5) is 38.0. The molecule has 0 aliphatic heterocycles. The Morgan fingerprint density at radius 2 is 0.562 bits per heavy atom. The molecule has 0 spiro atoms. The summed E-state index contributed by atoms with van der Waals surface area (Å²) in [6, 6.07) is 0. The molecule has 0 bridgehead atoms. The molecule has 0 heterocycles. The molecule has 64 heavy (non-hydrogen) atoms. The number of allylic oxidation sites excluding steroid dienone is 10. The number of esters is 3. The van der Waals surface area contributed by atoms with Gasteiger partial charge < -0.3 is 14.2 Å². The van der Waals surface area contributed by atoms with Crippen molar-refractivity contribution in [1.29, 1.82) is 0 Å². The lowest BCUT2D eigenvalue weighted by Gasteiger charge is -2.18. The van der Waals surface area contributed by atoms with Gasteiger partial charge in [0.25, 0.3) is 0 Å². The quantitative estimate of drug-likeness (QED) is 0.0262. The third-order valence-corrected chi connectivity index (χ3v) is 11.7. The van der Waals surface area contributed by atoms with Gasteiger partial charge in [0.05, 0.1) is 0 Å². The van der Waals surface area contributed by atoms with E-state index in [1.54, 1.807) is 0 Å². The Hall–Kier alpha value is -2.89. The number of hydrogen-bond donors (Lipinski definition) is 0. The largest absolute Gasteiger partial charge is 0.462 e. The molecule has 0 radical (unpaired) electrons. The van der Waals surface area contributed by atoms with E-state index in [1.165, 1.54) is 135 Å². The smallest absolute Gasteiger partial charge is 0.306 e. The first-order valence-corrected chi connectivity index (χ1v) is 27.3. The van der Waals surface area contributed by atoms with Crippen molar-refractivity contribution in [3.05, 3.63) is 60.8 Å². The highest BCUT2D eigenvalue weighted by Crippen LogP contribution is 2.14. The van der Waals surface area contributed by atoms with Gasteiger partial charge in [0.15, 0.2) is 6.10 Å². The van der Waals surface area contributed by atoms with Crippen LogP contribution in [-0.2, 0) is 28.6 Å². The van der Waals surface area contributed by atoms with Gasteiger partial charge in [0.1, 0.15) is 13.2 Å². The van der Waals surface area contributed by atoms with Crippen LogP contribution in [0.15, 0.2) is 60.8 Å². The molecular formula is C58H102O6. The summed E-state index contributed by atoms with van der Waals surface area (Å²) < 4.78 is 16.8. The molecule has 6 heteroatoms. The first-order chi connectivity index (χ1) is 31.5. The van der Waals surface area contributed by atoms with Crippen LogP contribution in [0.1, 0.15) is 271 Å². The topological polar surface area (TPSA) is 78.9 Å². The normalized spacial score (nSPS) is 12.5. The van der Waals surface area contributed by atoms with Gasteiger partial charge in [-0.2, -0.15) is 0 Å². The number of carbonyl (C=O) groups is 3. The molecule has 6 nitrogen and oxygen atoms in total. The van der Waals surface area contributed by atoms with Crippen LogP contribution in [0.3, 0.4) is 0 Å². The zero-order valence-corrected chi connectivity index (χ0v) is 42.3. The van der Waals surface area contributed by atoms with Crippen molar-refractivity contribution in [3.63, 3.8) is 0 Å². The van der Waals surface area contributed by atoms with Crippen molar-refractivity contribution in [2.24, 2.45) is 0 Å². The summed E-state index contributed by atoms with van der Waals surface area (Å²) in [7, 11) is 0. The Labute approximate surface area is 396 Å². The molecule has 0 fully saturated rings. The molecule has 0 rings (SSSR count). The molecule has 0 aliphatic carbocycles. The lowest BCUT2D eigenvalue weighted by molar-refractivity contribution is -0.167. The third-order valence-electron chi connectivity index (χ3n) is 11.7. The van der Waals surface area contributed by atoms with Crippen molar-refractivity contribution in [2.45, 2.75) is 277 Å². The molecule has 0 saturated carbocycles. The first kappa shape index (κ1) is 61.1. The molecule has 0 aromatic rings. The highest BCUT2D eigenvalue weighted by molar-refractivity contribution is 5.71. The highest BCUT2D eigenvalue weighted by atomic mass is 16.6. The van der Waals surface area contributed by atoms with Crippen LogP contribution in [0.2, 0.25) is 0 Å². The zero-order valence-electron chi connectivity index (χ0n) is 42.3. The molecule has 0 unspecified atom stereocenters. The predicted molar refractivity (Wildman–Crippen MR) is 275 cm³/mol. The molecule has 0 aromatic carbocycles. The molecule has 0 N–H and O–H groups in total. The first-order valence-electron chi connectivity index (χ1n) is 27.3. The van der Waals surface area contributed by atoms with Crippen LogP contribution in [-0.4, -0.2) is 37.2 Å². The number of unbranched alkanes of at least 4 members (excludes halogenated alkanes) is 28. The summed E-state index contributed by atoms with van der Waals surface area (Å²) in [5.74, 6) is -0.909. The van der Waals surface area contributed by atoms with E-state index in [0.29, 0.717) is 19.3 Å². The van der Waals surface area contributed by atoms with Gasteiger partial charge in [-0.05, 0) is 109 Å². The Morgan fingerprint density at radius 3 is 0.922 bits per heavy atom. The van der Waals surface area contributed by atoms with Gasteiger partial charge in [-0.25, -0.2) is 0 Å². The predicted octanol–water partition coefficient (Wildman–Crippen LogP) is 18.0. The molecular weight excluding hydrogens is 793 g/mol. The van der Waals surface area contributed by atoms with Crippen LogP contribution < -0.4 is 0 Å². The van der Waals surface area contributed by atoms with E-state index < -0.39 is 6.10 Å². The highest BCUT2D eigenvalue weighted by Gasteiger charge is 2.19. The van der Waals surface area contributed by atoms with Gasteiger partial charge in [-0.15, -0.1) is 0 Å². The molecule has 0 saturated heterocycles. The third kappa shape index (κ3) is 50.1. The minimum Gasteiger partial charge on any atom is -0.462 e. The Kier molecular flexibility index (Phi) is 50.4. The SMILES string of the molecule is CCCCC/C=C\C/C=C\C/C=C\CCCCCCCCC(=O)OC[C@@H](COC(=O)CCCCCCC/C=C\CCCCC)OC(=O)CCCCCCC/C=C\CCCCCCCC. The van der Waals surface area contributed by atoms with Crippen LogP contribution in [0.5, 0.6) is 0 Å². The van der Waals surface area contributed by atoms with Crippen molar-refractivity contribution in [2.75, 3.05) is 13.2 Å². The van der Waals surface area contributed by atoms with E-state index in [9.17, 15) is 14.4 Å². The van der Waals surface area contributed by atoms with Crippen molar-refractivity contribution in [1.82, 2.24) is 0 Å². The minimum absolute atomic E-state index is 0.0858. The van der Waals surface area contributed by atoms with Gasteiger partial charge in [-0.1, -0.05) is 204 Å². The molecule has 1 atom stereocenters. The summed E-state index contributed by atoms with van der Waals surface area (Å²) in [5, 5.41) is 0. The van der Waals surface area contributed by atoms with E-state index in [-0.39, 0.29) is 31.1 Å². The van der Waals surface area contributed by atoms with Crippen LogP contribution in [0.25, 0.3) is 0 Å². The van der Waals surface area contributed by atoms with Gasteiger partial charge in [0, 0.05) is 19.3 Å². The second kappa shape index (κ2) is 52.7. The second-order valence-electron chi connectivity index (χ2n) is 18.1. The number of carbonyl (C=O) groups excluding carboxylic acids is 3. The van der Waals surface area contributed by atoms with E-state index in [2.05, 4.69) is 81.5 Å². The van der Waals surface area contributed by atoms with Gasteiger partial charge in [0.2, 0.25) is 0 Å². The Balaban J connectivity index is 4.39. The summed E-state index contributed by atoms with van der Waals surface area (Å²) in [6.45, 7) is 6.57. The average molecular weight is 895 g/mol. The molecule has 370 valence electrons. The van der Waals surface area contributed by atoms with Crippen LogP contribution in [0.4, 0.5) is 0 Å². The molecule has 0 aromatic heterocycles. The number of rotatable bonds is 49. The number of ether oxygens (including phenoxy) is 3. The molecule has 0 aliphatic rings. The summed E-state index contributed by atoms with van der Waals surface area (Å²) in [5.41, 5.74) is 0. The summed E-state index contributed by atoms with van der Waals surface area (Å²) in [6.07, 6.45) is 64.8. The second-order valence-corrected chi connectivity index (χ2v) is 18.1. The van der Waals surface area contributed by atoms with Crippen LogP contribution >= 0.6 is 0 Å². The lowest BCUT2D eigenvalue weighted by Crippen LogP contribution is -2.30. The van der Waals surface area contributed by atoms with Gasteiger partial charge in [-0.3, -0.25) is 14.4 Å².